The van der Waals surface area contributed by atoms with E-state index in [9.17, 15) is 4.79 Å². The molecule has 1 aliphatic heterocycles. The summed E-state index contributed by atoms with van der Waals surface area (Å²) < 4.78 is 11.2. The first-order valence-corrected chi connectivity index (χ1v) is 8.08. The van der Waals surface area contributed by atoms with Gasteiger partial charge in [-0.15, -0.1) is 0 Å². The molecule has 24 heavy (non-hydrogen) atoms. The number of benzene rings is 2. The van der Waals surface area contributed by atoms with Gasteiger partial charge in [-0.3, -0.25) is 4.79 Å². The van der Waals surface area contributed by atoms with E-state index in [1.54, 1.807) is 24.1 Å². The second-order valence-electron chi connectivity index (χ2n) is 5.92. The number of hydrogen-bond acceptors (Lipinski definition) is 4. The van der Waals surface area contributed by atoms with Crippen molar-refractivity contribution in [1.82, 2.24) is 4.90 Å². The molecule has 1 aliphatic rings. The molecule has 0 spiro atoms. The Morgan fingerprint density at radius 2 is 1.88 bits per heavy atom. The third kappa shape index (κ3) is 3.75. The summed E-state index contributed by atoms with van der Waals surface area (Å²) in [4.78, 5) is 14.5. The molecule has 1 amide bonds. The molecule has 126 valence electrons. The van der Waals surface area contributed by atoms with Gasteiger partial charge in [-0.1, -0.05) is 24.3 Å². The van der Waals surface area contributed by atoms with E-state index in [0.29, 0.717) is 24.4 Å². The summed E-state index contributed by atoms with van der Waals surface area (Å²) in [7, 11) is 1.63. The van der Waals surface area contributed by atoms with E-state index in [0.717, 1.165) is 12.2 Å². The van der Waals surface area contributed by atoms with Gasteiger partial charge < -0.3 is 20.1 Å². The number of rotatable bonds is 4. The lowest BCUT2D eigenvalue weighted by atomic mass is 10.0. The first-order chi connectivity index (χ1) is 11.7. The Hall–Kier alpha value is -2.37. The van der Waals surface area contributed by atoms with Gasteiger partial charge in [0.1, 0.15) is 11.5 Å². The summed E-state index contributed by atoms with van der Waals surface area (Å²) in [5.41, 5.74) is 6.62. The fraction of sp³-hybridized carbons (Fsp3) is 0.316. The van der Waals surface area contributed by atoms with Crippen LogP contribution in [0, 0.1) is 0 Å². The SMILES string of the molecule is CO[C@H]1CN(C(=O)c2cccc(Oc3ccccc3)c2)CC[C@H]1N. The number of piperidine rings is 1. The summed E-state index contributed by atoms with van der Waals surface area (Å²) in [5, 5.41) is 0. The molecule has 0 aliphatic carbocycles. The van der Waals surface area contributed by atoms with Crippen molar-refractivity contribution in [3.63, 3.8) is 0 Å². The standard InChI is InChI=1S/C19H22N2O3/c1-23-18-13-21(11-10-17(18)20)19(22)14-6-5-9-16(12-14)24-15-7-3-2-4-8-15/h2-9,12,17-18H,10-11,13,20H2,1H3/t17-,18+/m1/s1. The Labute approximate surface area is 142 Å². The minimum Gasteiger partial charge on any atom is -0.457 e. The third-order valence-corrected chi connectivity index (χ3v) is 4.26. The molecular formula is C19H22N2O3. The quantitative estimate of drug-likeness (QED) is 0.938. The van der Waals surface area contributed by atoms with Gasteiger partial charge in [0.15, 0.2) is 0 Å². The zero-order chi connectivity index (χ0) is 16.9. The van der Waals surface area contributed by atoms with Crippen molar-refractivity contribution in [3.05, 3.63) is 60.2 Å². The largest absolute Gasteiger partial charge is 0.457 e. The van der Waals surface area contributed by atoms with E-state index in [1.165, 1.54) is 0 Å². The van der Waals surface area contributed by atoms with Crippen LogP contribution in [0.5, 0.6) is 11.5 Å². The second kappa shape index (κ2) is 7.47. The number of likely N-dealkylation sites (tertiary alicyclic amines) is 1. The Bertz CT molecular complexity index is 690. The van der Waals surface area contributed by atoms with Crippen LogP contribution in [0.3, 0.4) is 0 Å². The Balaban J connectivity index is 1.72. The maximum Gasteiger partial charge on any atom is 0.254 e. The van der Waals surface area contributed by atoms with Crippen molar-refractivity contribution in [3.8, 4) is 11.5 Å². The highest BCUT2D eigenvalue weighted by Crippen LogP contribution is 2.23. The fourth-order valence-electron chi connectivity index (χ4n) is 2.87. The van der Waals surface area contributed by atoms with Gasteiger partial charge in [0, 0.05) is 31.8 Å². The highest BCUT2D eigenvalue weighted by atomic mass is 16.5. The average Bonchev–Trinajstić information content (AvgIpc) is 2.62. The lowest BCUT2D eigenvalue weighted by molar-refractivity contribution is 0.0162. The lowest BCUT2D eigenvalue weighted by Gasteiger charge is -2.36. The van der Waals surface area contributed by atoms with Crippen LogP contribution in [-0.4, -0.2) is 43.2 Å². The lowest BCUT2D eigenvalue weighted by Crippen LogP contribution is -2.53. The van der Waals surface area contributed by atoms with Gasteiger partial charge in [-0.2, -0.15) is 0 Å². The van der Waals surface area contributed by atoms with Crippen LogP contribution in [0.1, 0.15) is 16.8 Å². The molecule has 0 radical (unpaired) electrons. The zero-order valence-corrected chi connectivity index (χ0v) is 13.7. The number of ether oxygens (including phenoxy) is 2. The molecule has 3 rings (SSSR count). The number of nitrogens with zero attached hydrogens (tertiary/aromatic N) is 1. The summed E-state index contributed by atoms with van der Waals surface area (Å²) in [6.45, 7) is 1.16. The van der Waals surface area contributed by atoms with Crippen LogP contribution < -0.4 is 10.5 Å². The van der Waals surface area contributed by atoms with Gasteiger partial charge in [0.2, 0.25) is 0 Å². The maximum atomic E-state index is 12.7. The van der Waals surface area contributed by atoms with Gasteiger partial charge in [-0.05, 0) is 36.8 Å². The number of hydrogen-bond donors (Lipinski definition) is 1. The Morgan fingerprint density at radius 3 is 2.62 bits per heavy atom. The van der Waals surface area contributed by atoms with Crippen molar-refractivity contribution < 1.29 is 14.3 Å². The molecule has 5 nitrogen and oxygen atoms in total. The smallest absolute Gasteiger partial charge is 0.254 e. The summed E-state index contributed by atoms with van der Waals surface area (Å²) in [6.07, 6.45) is 0.622. The van der Waals surface area contributed by atoms with Crippen molar-refractivity contribution in [2.75, 3.05) is 20.2 Å². The normalized spacial score (nSPS) is 20.7. The second-order valence-corrected chi connectivity index (χ2v) is 5.92. The first-order valence-electron chi connectivity index (χ1n) is 8.08. The number of carbonyl (C=O) groups excluding carboxylic acids is 1. The number of amides is 1. The highest BCUT2D eigenvalue weighted by molar-refractivity contribution is 5.94. The maximum absolute atomic E-state index is 12.7. The Morgan fingerprint density at radius 1 is 1.12 bits per heavy atom. The molecular weight excluding hydrogens is 304 g/mol. The fourth-order valence-corrected chi connectivity index (χ4v) is 2.87. The topological polar surface area (TPSA) is 64.8 Å². The molecule has 2 aromatic carbocycles. The molecule has 2 atom stereocenters. The van der Waals surface area contributed by atoms with Crippen LogP contribution in [0.2, 0.25) is 0 Å². The van der Waals surface area contributed by atoms with Gasteiger partial charge in [-0.25, -0.2) is 0 Å². The molecule has 1 saturated heterocycles. The van der Waals surface area contributed by atoms with Crippen molar-refractivity contribution in [2.45, 2.75) is 18.6 Å². The van der Waals surface area contributed by atoms with E-state index in [1.807, 2.05) is 42.5 Å². The van der Waals surface area contributed by atoms with Crippen LogP contribution in [0.25, 0.3) is 0 Å². The molecule has 1 fully saturated rings. The van der Waals surface area contributed by atoms with Gasteiger partial charge in [0.05, 0.1) is 6.10 Å². The minimum absolute atomic E-state index is 0.0215. The average molecular weight is 326 g/mol. The first kappa shape index (κ1) is 16.5. The van der Waals surface area contributed by atoms with Crippen LogP contribution >= 0.6 is 0 Å². The van der Waals surface area contributed by atoms with Crippen LogP contribution in [-0.2, 0) is 4.74 Å². The molecule has 5 heteroatoms. The number of carbonyl (C=O) groups is 1. The summed E-state index contributed by atoms with van der Waals surface area (Å²) >= 11 is 0. The monoisotopic (exact) mass is 326 g/mol. The number of para-hydroxylation sites is 1. The highest BCUT2D eigenvalue weighted by Gasteiger charge is 2.29. The van der Waals surface area contributed by atoms with Crippen LogP contribution in [0.15, 0.2) is 54.6 Å². The zero-order valence-electron chi connectivity index (χ0n) is 13.7. The van der Waals surface area contributed by atoms with E-state index < -0.39 is 0 Å². The van der Waals surface area contributed by atoms with Crippen LogP contribution in [0.4, 0.5) is 0 Å². The Kier molecular flexibility index (Phi) is 5.13. The molecule has 1 heterocycles. The predicted octanol–water partition coefficient (Wildman–Crippen LogP) is 2.67. The summed E-state index contributed by atoms with van der Waals surface area (Å²) in [5.74, 6) is 1.36. The summed E-state index contributed by atoms with van der Waals surface area (Å²) in [6, 6.07) is 16.7. The molecule has 2 aromatic rings. The predicted molar refractivity (Wildman–Crippen MR) is 92.3 cm³/mol. The van der Waals surface area contributed by atoms with E-state index in [2.05, 4.69) is 0 Å². The van der Waals surface area contributed by atoms with Crippen molar-refractivity contribution in [1.29, 1.82) is 0 Å². The molecule has 0 bridgehead atoms. The minimum atomic E-state index is -0.119. The van der Waals surface area contributed by atoms with Gasteiger partial charge >= 0.3 is 0 Å². The van der Waals surface area contributed by atoms with Crippen molar-refractivity contribution >= 4 is 5.91 Å². The molecule has 0 aromatic heterocycles. The number of methoxy groups -OCH3 is 1. The van der Waals surface area contributed by atoms with E-state index >= 15 is 0 Å². The molecule has 0 saturated carbocycles. The molecule has 0 unspecified atom stereocenters. The number of nitrogens with two attached hydrogens (primary N) is 1. The third-order valence-electron chi connectivity index (χ3n) is 4.26. The van der Waals surface area contributed by atoms with E-state index in [4.69, 9.17) is 15.2 Å². The molecule has 2 N–H and O–H groups in total. The van der Waals surface area contributed by atoms with E-state index in [-0.39, 0.29) is 18.1 Å². The van der Waals surface area contributed by atoms with Gasteiger partial charge in [0.25, 0.3) is 5.91 Å². The van der Waals surface area contributed by atoms with Crippen molar-refractivity contribution in [2.24, 2.45) is 5.73 Å².